The Kier molecular flexibility index (Phi) is 3.36. The van der Waals surface area contributed by atoms with Crippen LogP contribution in [0.1, 0.15) is 26.0 Å². The van der Waals surface area contributed by atoms with Gasteiger partial charge < -0.3 is 9.73 Å². The largest absolute Gasteiger partial charge is 0.468 e. The van der Waals surface area contributed by atoms with Gasteiger partial charge in [-0.3, -0.25) is 4.90 Å². The second-order valence-corrected chi connectivity index (χ2v) is 5.39. The second-order valence-electron chi connectivity index (χ2n) is 5.39. The number of likely N-dealkylation sites (N-methyl/N-ethyl adjacent to an activating group) is 1. The maximum Gasteiger partial charge on any atom is 0.117 e. The molecule has 1 N–H and O–H groups in total. The normalized spacial score (nSPS) is 25.8. The SMILES string of the molecule is CNC1CN(Cc2ccco2)CCC1(C)C. The third kappa shape index (κ3) is 2.47. The first-order valence-corrected chi connectivity index (χ1v) is 6.04. The molecule has 2 rings (SSSR count). The van der Waals surface area contributed by atoms with Gasteiger partial charge in [-0.15, -0.1) is 0 Å². The van der Waals surface area contributed by atoms with Gasteiger partial charge >= 0.3 is 0 Å². The van der Waals surface area contributed by atoms with E-state index in [1.54, 1.807) is 6.26 Å². The second kappa shape index (κ2) is 4.60. The highest BCUT2D eigenvalue weighted by Gasteiger charge is 2.34. The molecule has 1 saturated heterocycles. The lowest BCUT2D eigenvalue weighted by atomic mass is 9.78. The van der Waals surface area contributed by atoms with Crippen LogP contribution in [0.4, 0.5) is 0 Å². The van der Waals surface area contributed by atoms with Crippen LogP contribution in [0.2, 0.25) is 0 Å². The molecule has 1 aromatic rings. The summed E-state index contributed by atoms with van der Waals surface area (Å²) in [7, 11) is 2.06. The summed E-state index contributed by atoms with van der Waals surface area (Å²) in [6.45, 7) is 7.88. The molecule has 0 spiro atoms. The Hall–Kier alpha value is -0.800. The van der Waals surface area contributed by atoms with Gasteiger partial charge in [0, 0.05) is 12.6 Å². The number of piperidine rings is 1. The number of rotatable bonds is 3. The number of likely N-dealkylation sites (tertiary alicyclic amines) is 1. The maximum absolute atomic E-state index is 5.40. The molecule has 0 aromatic carbocycles. The summed E-state index contributed by atoms with van der Waals surface area (Å²) in [5.74, 6) is 1.06. The van der Waals surface area contributed by atoms with E-state index in [9.17, 15) is 0 Å². The van der Waals surface area contributed by atoms with Crippen molar-refractivity contribution in [3.63, 3.8) is 0 Å². The van der Waals surface area contributed by atoms with Gasteiger partial charge in [0.25, 0.3) is 0 Å². The van der Waals surface area contributed by atoms with Crippen molar-refractivity contribution >= 4 is 0 Å². The van der Waals surface area contributed by atoms with Gasteiger partial charge in [0.1, 0.15) is 5.76 Å². The summed E-state index contributed by atoms with van der Waals surface area (Å²) in [6.07, 6.45) is 2.98. The summed E-state index contributed by atoms with van der Waals surface area (Å²) in [5, 5.41) is 3.43. The van der Waals surface area contributed by atoms with Crippen LogP contribution in [0.25, 0.3) is 0 Å². The van der Waals surface area contributed by atoms with E-state index in [4.69, 9.17) is 4.42 Å². The molecule has 1 fully saturated rings. The molecule has 3 nitrogen and oxygen atoms in total. The van der Waals surface area contributed by atoms with E-state index >= 15 is 0 Å². The first kappa shape index (κ1) is 11.7. The highest BCUT2D eigenvalue weighted by atomic mass is 16.3. The predicted molar refractivity (Wildman–Crippen MR) is 65.2 cm³/mol. The summed E-state index contributed by atoms with van der Waals surface area (Å²) in [5.41, 5.74) is 0.397. The molecule has 16 heavy (non-hydrogen) atoms. The van der Waals surface area contributed by atoms with Gasteiger partial charge in [-0.05, 0) is 37.6 Å². The Morgan fingerprint density at radius 1 is 1.56 bits per heavy atom. The lowest BCUT2D eigenvalue weighted by Gasteiger charge is -2.43. The lowest BCUT2D eigenvalue weighted by molar-refractivity contribution is 0.0803. The van der Waals surface area contributed by atoms with Crippen LogP contribution in [0.5, 0.6) is 0 Å². The minimum atomic E-state index is 0.397. The number of nitrogens with zero attached hydrogens (tertiary/aromatic N) is 1. The lowest BCUT2D eigenvalue weighted by Crippen LogP contribution is -2.53. The highest BCUT2D eigenvalue weighted by Crippen LogP contribution is 2.30. The zero-order valence-electron chi connectivity index (χ0n) is 10.5. The number of nitrogens with one attached hydrogen (secondary N) is 1. The van der Waals surface area contributed by atoms with Gasteiger partial charge in [0.2, 0.25) is 0 Å². The monoisotopic (exact) mass is 222 g/mol. The standard InChI is InChI=1S/C13H22N2O/c1-13(2)6-7-15(10-12(13)14-3)9-11-5-4-8-16-11/h4-5,8,12,14H,6-7,9-10H2,1-3H3. The molecular formula is C13H22N2O. The quantitative estimate of drug-likeness (QED) is 0.849. The van der Waals surface area contributed by atoms with Gasteiger partial charge in [0.15, 0.2) is 0 Å². The minimum Gasteiger partial charge on any atom is -0.468 e. The van der Waals surface area contributed by atoms with E-state index in [1.165, 1.54) is 6.42 Å². The number of hydrogen-bond donors (Lipinski definition) is 1. The van der Waals surface area contributed by atoms with Crippen molar-refractivity contribution in [1.29, 1.82) is 0 Å². The van der Waals surface area contributed by atoms with Gasteiger partial charge in [-0.25, -0.2) is 0 Å². The molecule has 1 aliphatic rings. The number of hydrogen-bond acceptors (Lipinski definition) is 3. The zero-order chi connectivity index (χ0) is 11.6. The average molecular weight is 222 g/mol. The number of furan rings is 1. The van der Waals surface area contributed by atoms with Crippen LogP contribution in [0.15, 0.2) is 22.8 Å². The summed E-state index contributed by atoms with van der Waals surface area (Å²) in [6, 6.07) is 4.57. The Labute approximate surface area is 97.8 Å². The highest BCUT2D eigenvalue weighted by molar-refractivity contribution is 4.99. The molecule has 0 saturated carbocycles. The Morgan fingerprint density at radius 2 is 2.38 bits per heavy atom. The zero-order valence-corrected chi connectivity index (χ0v) is 10.5. The Balaban J connectivity index is 1.94. The predicted octanol–water partition coefficient (Wildman–Crippen LogP) is 2.10. The van der Waals surface area contributed by atoms with E-state index in [0.29, 0.717) is 11.5 Å². The minimum absolute atomic E-state index is 0.397. The molecule has 90 valence electrons. The van der Waals surface area contributed by atoms with Crippen molar-refractivity contribution < 1.29 is 4.42 Å². The molecule has 0 radical (unpaired) electrons. The molecule has 0 amide bonds. The van der Waals surface area contributed by atoms with Crippen LogP contribution in [0.3, 0.4) is 0 Å². The first-order chi connectivity index (χ1) is 7.62. The van der Waals surface area contributed by atoms with Crippen LogP contribution in [0, 0.1) is 5.41 Å². The van der Waals surface area contributed by atoms with Gasteiger partial charge in [-0.2, -0.15) is 0 Å². The van der Waals surface area contributed by atoms with Crippen LogP contribution in [-0.4, -0.2) is 31.1 Å². The maximum atomic E-state index is 5.40. The van der Waals surface area contributed by atoms with Crippen molar-refractivity contribution in [2.75, 3.05) is 20.1 Å². The van der Waals surface area contributed by atoms with Crippen molar-refractivity contribution in [3.8, 4) is 0 Å². The molecule has 2 heterocycles. The van der Waals surface area contributed by atoms with E-state index in [1.807, 2.05) is 12.1 Å². The van der Waals surface area contributed by atoms with Crippen LogP contribution in [-0.2, 0) is 6.54 Å². The molecule has 0 aliphatic carbocycles. The van der Waals surface area contributed by atoms with Crippen molar-refractivity contribution in [1.82, 2.24) is 10.2 Å². The fourth-order valence-corrected chi connectivity index (χ4v) is 2.47. The smallest absolute Gasteiger partial charge is 0.117 e. The topological polar surface area (TPSA) is 28.4 Å². The van der Waals surface area contributed by atoms with Crippen molar-refractivity contribution in [2.45, 2.75) is 32.9 Å². The van der Waals surface area contributed by atoms with Crippen LogP contribution >= 0.6 is 0 Å². The molecule has 1 atom stereocenters. The van der Waals surface area contributed by atoms with E-state index in [2.05, 4.69) is 31.1 Å². The summed E-state index contributed by atoms with van der Waals surface area (Å²) < 4.78 is 5.40. The third-order valence-electron chi connectivity index (χ3n) is 3.76. The molecule has 0 bridgehead atoms. The fraction of sp³-hybridized carbons (Fsp3) is 0.692. The summed E-state index contributed by atoms with van der Waals surface area (Å²) in [4.78, 5) is 2.46. The molecule has 1 aromatic heterocycles. The van der Waals surface area contributed by atoms with Gasteiger partial charge in [-0.1, -0.05) is 13.8 Å². The first-order valence-electron chi connectivity index (χ1n) is 6.04. The van der Waals surface area contributed by atoms with E-state index in [0.717, 1.165) is 25.4 Å². The van der Waals surface area contributed by atoms with Gasteiger partial charge in [0.05, 0.1) is 12.8 Å². The van der Waals surface area contributed by atoms with Crippen molar-refractivity contribution in [3.05, 3.63) is 24.2 Å². The Morgan fingerprint density at radius 3 is 3.00 bits per heavy atom. The Bertz CT molecular complexity index is 319. The fourth-order valence-electron chi connectivity index (χ4n) is 2.47. The summed E-state index contributed by atoms with van der Waals surface area (Å²) >= 11 is 0. The van der Waals surface area contributed by atoms with E-state index in [-0.39, 0.29) is 0 Å². The van der Waals surface area contributed by atoms with E-state index < -0.39 is 0 Å². The third-order valence-corrected chi connectivity index (χ3v) is 3.76. The molecular weight excluding hydrogens is 200 g/mol. The van der Waals surface area contributed by atoms with Crippen LogP contribution < -0.4 is 5.32 Å². The van der Waals surface area contributed by atoms with Crippen molar-refractivity contribution in [2.24, 2.45) is 5.41 Å². The average Bonchev–Trinajstić information content (AvgIpc) is 2.73. The molecule has 1 unspecified atom stereocenters. The molecule has 1 aliphatic heterocycles. The molecule has 3 heteroatoms.